The van der Waals surface area contributed by atoms with Crippen LogP contribution in [0.3, 0.4) is 0 Å². The Labute approximate surface area is 264 Å². The first-order valence-corrected chi connectivity index (χ1v) is 15.1. The maximum absolute atomic E-state index is 13.3. The van der Waals surface area contributed by atoms with Gasteiger partial charge in [-0.05, 0) is 72.5 Å². The van der Waals surface area contributed by atoms with Crippen LogP contribution in [0.25, 0.3) is 29.1 Å². The number of rotatable bonds is 8. The van der Waals surface area contributed by atoms with Crippen LogP contribution in [0.4, 0.5) is 13.2 Å². The van der Waals surface area contributed by atoms with Crippen LogP contribution in [-0.2, 0) is 21.0 Å². The number of amides is 1. The van der Waals surface area contributed by atoms with Gasteiger partial charge in [0.2, 0.25) is 0 Å². The summed E-state index contributed by atoms with van der Waals surface area (Å²) in [6, 6.07) is 20.8. The highest BCUT2D eigenvalue weighted by molar-refractivity contribution is 6.03. The summed E-state index contributed by atoms with van der Waals surface area (Å²) in [5.41, 5.74) is 5.03. The largest absolute Gasteiger partial charge is 0.496 e. The molecule has 1 aromatic heterocycles. The number of aromatic nitrogens is 2. The molecule has 1 unspecified atom stereocenters. The lowest BCUT2D eigenvalue weighted by atomic mass is 9.92. The minimum Gasteiger partial charge on any atom is -0.496 e. The van der Waals surface area contributed by atoms with Crippen molar-refractivity contribution in [3.05, 3.63) is 100 Å². The number of carbonyl (C=O) groups is 2. The molecule has 0 bridgehead atoms. The van der Waals surface area contributed by atoms with Crippen molar-refractivity contribution in [1.29, 1.82) is 0 Å². The summed E-state index contributed by atoms with van der Waals surface area (Å²) in [6.45, 7) is 2.99. The zero-order chi connectivity index (χ0) is 32.3. The molecule has 0 spiro atoms. The van der Waals surface area contributed by atoms with Crippen LogP contribution in [0.1, 0.15) is 53.1 Å². The lowest BCUT2D eigenvalue weighted by Gasteiger charge is -2.26. The minimum absolute atomic E-state index is 0.172. The van der Waals surface area contributed by atoms with Crippen LogP contribution in [0.2, 0.25) is 0 Å². The van der Waals surface area contributed by atoms with Crippen LogP contribution in [0.15, 0.2) is 72.3 Å². The molecule has 238 valence electrons. The predicted octanol–water partition coefficient (Wildman–Crippen LogP) is 6.76. The fourth-order valence-electron chi connectivity index (χ4n) is 6.00. The summed E-state index contributed by atoms with van der Waals surface area (Å²) in [6.07, 6.45) is 4.04. The zero-order valence-electron chi connectivity index (χ0n) is 25.2. The highest BCUT2D eigenvalue weighted by Crippen LogP contribution is 2.37. The van der Waals surface area contributed by atoms with E-state index < -0.39 is 24.0 Å². The molecule has 2 saturated heterocycles. The van der Waals surface area contributed by atoms with E-state index in [2.05, 4.69) is 44.2 Å². The number of H-pyrrole nitrogens is 1. The molecule has 4 aromatic rings. The van der Waals surface area contributed by atoms with E-state index in [1.165, 1.54) is 31.9 Å². The molecule has 11 heteroatoms. The Morgan fingerprint density at radius 1 is 1.00 bits per heavy atom. The number of benzene rings is 3. The van der Waals surface area contributed by atoms with Crippen LogP contribution in [0.5, 0.6) is 5.75 Å². The average molecular weight is 631 g/mol. The van der Waals surface area contributed by atoms with E-state index in [-0.39, 0.29) is 12.1 Å². The summed E-state index contributed by atoms with van der Waals surface area (Å²) >= 11 is 0. The van der Waals surface area contributed by atoms with E-state index in [0.717, 1.165) is 30.6 Å². The average Bonchev–Trinajstić information content (AvgIpc) is 3.61. The van der Waals surface area contributed by atoms with Crippen molar-refractivity contribution in [1.82, 2.24) is 20.2 Å². The number of likely N-dealkylation sites (tertiary alicyclic amines) is 1. The molecular formula is C35H33F3N4O4. The summed E-state index contributed by atoms with van der Waals surface area (Å²) in [5, 5.41) is 8.70. The summed E-state index contributed by atoms with van der Waals surface area (Å²) < 4.78 is 44.5. The van der Waals surface area contributed by atoms with Crippen LogP contribution in [0, 0.1) is 0 Å². The highest BCUT2D eigenvalue weighted by Gasteiger charge is 2.46. The van der Waals surface area contributed by atoms with E-state index in [9.17, 15) is 22.8 Å². The standard InChI is InChI=1S/C35H33F3N4O4/c1-45-31-20-25(18-27-28(26-8-4-2-5-9-26)22-42(33(27)43)46-34(44)35(36,37)38)19-30-32(31)29(39-40-30)15-14-23-10-12-24(13-11-23)21-41-16-6-3-7-17-41/h2,4-5,8-15,18-20,28H,3,6-7,16-17,21-22H2,1H3,(H,39,40)/b15-14+,27-18+. The number of aromatic amines is 1. The number of piperidine rings is 1. The lowest BCUT2D eigenvalue weighted by Crippen LogP contribution is -2.35. The van der Waals surface area contributed by atoms with E-state index >= 15 is 0 Å². The zero-order valence-corrected chi connectivity index (χ0v) is 25.2. The summed E-state index contributed by atoms with van der Waals surface area (Å²) in [5.74, 6) is -3.43. The Balaban J connectivity index is 1.26. The minimum atomic E-state index is -5.24. The van der Waals surface area contributed by atoms with Gasteiger partial charge in [0.1, 0.15) is 5.75 Å². The second-order valence-electron chi connectivity index (χ2n) is 11.5. The van der Waals surface area contributed by atoms with E-state index in [4.69, 9.17) is 4.74 Å². The van der Waals surface area contributed by atoms with Gasteiger partial charge in [-0.2, -0.15) is 23.3 Å². The summed E-state index contributed by atoms with van der Waals surface area (Å²) in [4.78, 5) is 31.8. The maximum atomic E-state index is 13.3. The smallest absolute Gasteiger partial charge is 0.493 e. The third-order valence-electron chi connectivity index (χ3n) is 8.31. The fourth-order valence-corrected chi connectivity index (χ4v) is 6.00. The number of alkyl halides is 3. The molecular weight excluding hydrogens is 597 g/mol. The number of halogens is 3. The number of methoxy groups -OCH3 is 1. The second-order valence-corrected chi connectivity index (χ2v) is 11.5. The monoisotopic (exact) mass is 630 g/mol. The first-order valence-electron chi connectivity index (χ1n) is 15.1. The van der Waals surface area contributed by atoms with Gasteiger partial charge in [0, 0.05) is 18.0 Å². The first-order chi connectivity index (χ1) is 22.2. The van der Waals surface area contributed by atoms with Gasteiger partial charge < -0.3 is 9.57 Å². The number of carbonyl (C=O) groups excluding carboxylic acids is 2. The summed E-state index contributed by atoms with van der Waals surface area (Å²) in [7, 11) is 1.53. The Morgan fingerprint density at radius 2 is 1.74 bits per heavy atom. The fraction of sp³-hybridized carbons (Fsp3) is 0.286. The molecule has 8 nitrogen and oxygen atoms in total. The van der Waals surface area contributed by atoms with Gasteiger partial charge in [-0.3, -0.25) is 14.8 Å². The van der Waals surface area contributed by atoms with Gasteiger partial charge in [-0.25, -0.2) is 4.79 Å². The number of nitrogens with one attached hydrogen (secondary N) is 1. The number of hydrogen-bond donors (Lipinski definition) is 1. The van der Waals surface area contributed by atoms with Gasteiger partial charge in [0.15, 0.2) is 0 Å². The molecule has 3 aromatic carbocycles. The molecule has 3 heterocycles. The molecule has 2 aliphatic heterocycles. The van der Waals surface area contributed by atoms with Gasteiger partial charge in [-0.1, -0.05) is 67.1 Å². The maximum Gasteiger partial charge on any atom is 0.493 e. The third-order valence-corrected chi connectivity index (χ3v) is 8.31. The molecule has 1 N–H and O–H groups in total. The van der Waals surface area contributed by atoms with Crippen molar-refractivity contribution >= 4 is 41.0 Å². The quantitative estimate of drug-likeness (QED) is 0.217. The Hall–Kier alpha value is -4.90. The highest BCUT2D eigenvalue weighted by atomic mass is 19.4. The van der Waals surface area contributed by atoms with Crippen molar-refractivity contribution in [3.8, 4) is 5.75 Å². The molecule has 1 atom stereocenters. The SMILES string of the molecule is COc1cc(/C=C2/C(=O)N(OC(=O)C(F)(F)F)CC2c2ccccc2)cc2[nH]nc(/C=C/c3ccc(CN4CCCCC4)cc3)c12. The molecule has 0 radical (unpaired) electrons. The van der Waals surface area contributed by atoms with Gasteiger partial charge >= 0.3 is 12.1 Å². The van der Waals surface area contributed by atoms with Crippen molar-refractivity contribution in [2.45, 2.75) is 37.9 Å². The molecule has 0 aliphatic carbocycles. The molecule has 46 heavy (non-hydrogen) atoms. The van der Waals surface area contributed by atoms with Crippen molar-refractivity contribution in [2.24, 2.45) is 0 Å². The van der Waals surface area contributed by atoms with Crippen molar-refractivity contribution < 1.29 is 32.3 Å². The topological polar surface area (TPSA) is 87.8 Å². The van der Waals surface area contributed by atoms with E-state index in [1.807, 2.05) is 12.2 Å². The Morgan fingerprint density at radius 3 is 2.43 bits per heavy atom. The Kier molecular flexibility index (Phi) is 8.94. The van der Waals surface area contributed by atoms with E-state index in [0.29, 0.717) is 33.2 Å². The number of hydrogen-bond acceptors (Lipinski definition) is 6. The molecule has 0 saturated carbocycles. The third kappa shape index (κ3) is 6.84. The van der Waals surface area contributed by atoms with Crippen molar-refractivity contribution in [3.63, 3.8) is 0 Å². The van der Waals surface area contributed by atoms with Crippen LogP contribution < -0.4 is 4.74 Å². The van der Waals surface area contributed by atoms with Gasteiger partial charge in [-0.15, -0.1) is 0 Å². The predicted molar refractivity (Wildman–Crippen MR) is 168 cm³/mol. The Bertz CT molecular complexity index is 1780. The molecule has 2 aliphatic rings. The molecule has 2 fully saturated rings. The van der Waals surface area contributed by atoms with E-state index in [1.54, 1.807) is 48.5 Å². The number of hydroxylamine groups is 2. The first kappa shape index (κ1) is 31.1. The lowest BCUT2D eigenvalue weighted by molar-refractivity contribution is -0.233. The molecule has 1 amide bonds. The number of nitrogens with zero attached hydrogens (tertiary/aromatic N) is 3. The van der Waals surface area contributed by atoms with Gasteiger partial charge in [0.25, 0.3) is 5.91 Å². The molecule has 6 rings (SSSR count). The van der Waals surface area contributed by atoms with Crippen LogP contribution in [-0.4, -0.2) is 65.0 Å². The normalized spacial score (nSPS) is 18.6. The van der Waals surface area contributed by atoms with Crippen molar-refractivity contribution in [2.75, 3.05) is 26.7 Å². The number of fused-ring (bicyclic) bond motifs is 1. The van der Waals surface area contributed by atoms with Gasteiger partial charge in [0.05, 0.1) is 30.3 Å². The number of ether oxygens (including phenoxy) is 1. The second kappa shape index (κ2) is 13.2. The van der Waals surface area contributed by atoms with Crippen LogP contribution >= 0.6 is 0 Å².